The lowest BCUT2D eigenvalue weighted by Gasteiger charge is -2.14. The van der Waals surface area contributed by atoms with Gasteiger partial charge in [-0.2, -0.15) is 0 Å². The summed E-state index contributed by atoms with van der Waals surface area (Å²) in [6, 6.07) is 5.44. The van der Waals surface area contributed by atoms with Crippen LogP contribution in [-0.2, 0) is 6.54 Å². The van der Waals surface area contributed by atoms with Crippen molar-refractivity contribution >= 4 is 23.2 Å². The smallest absolute Gasteiger partial charge is 0.0716 e. The predicted molar refractivity (Wildman–Crippen MR) is 70.5 cm³/mol. The van der Waals surface area contributed by atoms with Gasteiger partial charge in [0.05, 0.1) is 6.10 Å². The Bertz CT molecular complexity index is 387. The molecule has 2 atom stereocenters. The second-order valence-corrected chi connectivity index (χ2v) is 5.20. The Morgan fingerprint density at radius 1 is 1.35 bits per heavy atom. The van der Waals surface area contributed by atoms with Crippen molar-refractivity contribution in [2.24, 2.45) is 5.92 Å². The van der Waals surface area contributed by atoms with Crippen molar-refractivity contribution in [1.29, 1.82) is 0 Å². The summed E-state index contributed by atoms with van der Waals surface area (Å²) in [6.07, 6.45) is -0.252. The first-order valence-electron chi connectivity index (χ1n) is 5.70. The van der Waals surface area contributed by atoms with Crippen LogP contribution in [0.3, 0.4) is 0 Å². The third kappa shape index (κ3) is 3.57. The molecule has 0 spiro atoms. The van der Waals surface area contributed by atoms with Gasteiger partial charge in [-0.25, -0.2) is 0 Å². The predicted octanol–water partition coefficient (Wildman–Crippen LogP) is 1.66. The van der Waals surface area contributed by atoms with Gasteiger partial charge in [-0.15, -0.1) is 0 Å². The molecule has 1 heterocycles. The van der Waals surface area contributed by atoms with Gasteiger partial charge in [-0.1, -0.05) is 23.2 Å². The summed E-state index contributed by atoms with van der Waals surface area (Å²) in [5.41, 5.74) is 0.986. The van der Waals surface area contributed by atoms with Gasteiger partial charge in [-0.3, -0.25) is 0 Å². The van der Waals surface area contributed by atoms with E-state index in [4.69, 9.17) is 23.2 Å². The molecule has 1 aliphatic rings. The van der Waals surface area contributed by atoms with Crippen LogP contribution in [0.4, 0.5) is 0 Å². The minimum Gasteiger partial charge on any atom is -0.391 e. The number of aliphatic hydroxyl groups is 1. The molecule has 0 bridgehead atoms. The van der Waals surface area contributed by atoms with Crippen LogP contribution in [0, 0.1) is 5.92 Å². The number of nitrogens with one attached hydrogen (secondary N) is 2. The molecule has 0 saturated carbocycles. The number of β-amino-alcohol motifs (C(OH)–C–C–N with tert-alkyl or cyclic N) is 1. The molecule has 94 valence electrons. The van der Waals surface area contributed by atoms with Gasteiger partial charge in [0.2, 0.25) is 0 Å². The maximum atomic E-state index is 9.64. The third-order valence-electron chi connectivity index (χ3n) is 3.03. The van der Waals surface area contributed by atoms with E-state index in [1.54, 1.807) is 12.1 Å². The fourth-order valence-electron chi connectivity index (χ4n) is 2.00. The van der Waals surface area contributed by atoms with Crippen molar-refractivity contribution in [2.75, 3.05) is 19.6 Å². The third-order valence-corrected chi connectivity index (χ3v) is 3.64. The SMILES string of the molecule is OC1CNCC1CNCc1cc(Cl)ccc1Cl. The standard InChI is InChI=1S/C12H16Cl2N2O/c13-10-1-2-11(14)8(3-10)4-15-5-9-6-16-7-12(9)17/h1-3,9,12,15-17H,4-7H2. The number of rotatable bonds is 4. The van der Waals surface area contributed by atoms with E-state index in [1.165, 1.54) is 0 Å². The Hall–Kier alpha value is -0.320. The maximum Gasteiger partial charge on any atom is 0.0716 e. The first-order chi connectivity index (χ1) is 8.16. The Morgan fingerprint density at radius 2 is 2.18 bits per heavy atom. The quantitative estimate of drug-likeness (QED) is 0.783. The fourth-order valence-corrected chi connectivity index (χ4v) is 2.38. The van der Waals surface area contributed by atoms with Gasteiger partial charge < -0.3 is 15.7 Å². The normalized spacial score (nSPS) is 24.2. The first-order valence-corrected chi connectivity index (χ1v) is 6.46. The lowest BCUT2D eigenvalue weighted by atomic mass is 10.1. The van der Waals surface area contributed by atoms with Gasteiger partial charge in [-0.05, 0) is 23.8 Å². The molecule has 5 heteroatoms. The molecule has 1 aliphatic heterocycles. The number of aliphatic hydroxyl groups excluding tert-OH is 1. The van der Waals surface area contributed by atoms with E-state index in [2.05, 4.69) is 10.6 Å². The molecule has 0 radical (unpaired) electrons. The van der Waals surface area contributed by atoms with Crippen LogP contribution in [0.2, 0.25) is 10.0 Å². The summed E-state index contributed by atoms with van der Waals surface area (Å²) in [6.45, 7) is 2.99. The van der Waals surface area contributed by atoms with Gasteiger partial charge >= 0.3 is 0 Å². The average molecular weight is 275 g/mol. The molecule has 3 nitrogen and oxygen atoms in total. The summed E-state index contributed by atoms with van der Waals surface area (Å²) in [4.78, 5) is 0. The topological polar surface area (TPSA) is 44.3 Å². The molecule has 1 aromatic carbocycles. The van der Waals surface area contributed by atoms with E-state index < -0.39 is 0 Å². The molecular weight excluding hydrogens is 259 g/mol. The van der Waals surface area contributed by atoms with Gasteiger partial charge in [0.15, 0.2) is 0 Å². The molecule has 0 aromatic heterocycles. The summed E-state index contributed by atoms with van der Waals surface area (Å²) < 4.78 is 0. The molecule has 3 N–H and O–H groups in total. The highest BCUT2D eigenvalue weighted by Gasteiger charge is 2.24. The minimum atomic E-state index is -0.252. The van der Waals surface area contributed by atoms with Crippen molar-refractivity contribution in [3.63, 3.8) is 0 Å². The Labute approximate surface area is 111 Å². The lowest BCUT2D eigenvalue weighted by Crippen LogP contribution is -2.30. The molecule has 2 rings (SSSR count). The van der Waals surface area contributed by atoms with Crippen LogP contribution in [0.25, 0.3) is 0 Å². The molecule has 0 aliphatic carbocycles. The van der Waals surface area contributed by atoms with Crippen molar-refractivity contribution < 1.29 is 5.11 Å². The zero-order valence-corrected chi connectivity index (χ0v) is 10.9. The highest BCUT2D eigenvalue weighted by molar-refractivity contribution is 6.33. The zero-order chi connectivity index (χ0) is 12.3. The lowest BCUT2D eigenvalue weighted by molar-refractivity contribution is 0.146. The molecule has 2 unspecified atom stereocenters. The zero-order valence-electron chi connectivity index (χ0n) is 9.42. The van der Waals surface area contributed by atoms with Crippen LogP contribution < -0.4 is 10.6 Å². The summed E-state index contributed by atoms with van der Waals surface area (Å²) in [5.74, 6) is 0.271. The van der Waals surface area contributed by atoms with Crippen LogP contribution in [-0.4, -0.2) is 30.8 Å². The van der Waals surface area contributed by atoms with Crippen LogP contribution in [0.5, 0.6) is 0 Å². The largest absolute Gasteiger partial charge is 0.391 e. The van der Waals surface area contributed by atoms with E-state index in [9.17, 15) is 5.11 Å². The fraction of sp³-hybridized carbons (Fsp3) is 0.500. The number of hydrogen-bond donors (Lipinski definition) is 3. The number of benzene rings is 1. The second kappa shape index (κ2) is 6.03. The molecule has 17 heavy (non-hydrogen) atoms. The Morgan fingerprint density at radius 3 is 2.88 bits per heavy atom. The van der Waals surface area contributed by atoms with E-state index in [0.717, 1.165) is 18.7 Å². The number of hydrogen-bond acceptors (Lipinski definition) is 3. The average Bonchev–Trinajstić information content (AvgIpc) is 2.70. The molecule has 1 aromatic rings. The first kappa shape index (κ1) is 13.1. The summed E-state index contributed by atoms with van der Waals surface area (Å²) >= 11 is 12.0. The molecule has 1 saturated heterocycles. The van der Waals surface area contributed by atoms with Crippen molar-refractivity contribution in [1.82, 2.24) is 10.6 Å². The summed E-state index contributed by atoms with van der Waals surface area (Å²) in [7, 11) is 0. The monoisotopic (exact) mass is 274 g/mol. The maximum absolute atomic E-state index is 9.64. The molecular formula is C12H16Cl2N2O. The minimum absolute atomic E-state index is 0.252. The van der Waals surface area contributed by atoms with E-state index in [-0.39, 0.29) is 12.0 Å². The van der Waals surface area contributed by atoms with Crippen LogP contribution >= 0.6 is 23.2 Å². The highest BCUT2D eigenvalue weighted by Crippen LogP contribution is 2.20. The van der Waals surface area contributed by atoms with Crippen LogP contribution in [0.15, 0.2) is 18.2 Å². The molecule has 0 amide bonds. The second-order valence-electron chi connectivity index (χ2n) is 4.35. The van der Waals surface area contributed by atoms with Crippen molar-refractivity contribution in [2.45, 2.75) is 12.6 Å². The van der Waals surface area contributed by atoms with Crippen molar-refractivity contribution in [3.05, 3.63) is 33.8 Å². The van der Waals surface area contributed by atoms with Gasteiger partial charge in [0, 0.05) is 42.1 Å². The Kier molecular flexibility index (Phi) is 4.65. The van der Waals surface area contributed by atoms with Gasteiger partial charge in [0.25, 0.3) is 0 Å². The van der Waals surface area contributed by atoms with Gasteiger partial charge in [0.1, 0.15) is 0 Å². The highest BCUT2D eigenvalue weighted by atomic mass is 35.5. The number of halogens is 2. The van der Waals surface area contributed by atoms with E-state index in [1.807, 2.05) is 6.07 Å². The van der Waals surface area contributed by atoms with Crippen LogP contribution in [0.1, 0.15) is 5.56 Å². The van der Waals surface area contributed by atoms with E-state index in [0.29, 0.717) is 23.1 Å². The molecule has 1 fully saturated rings. The van der Waals surface area contributed by atoms with E-state index >= 15 is 0 Å². The summed E-state index contributed by atoms with van der Waals surface area (Å²) in [5, 5.41) is 17.5. The Balaban J connectivity index is 1.83. The van der Waals surface area contributed by atoms with Crippen molar-refractivity contribution in [3.8, 4) is 0 Å².